The zero-order valence-electron chi connectivity index (χ0n) is 18.5. The van der Waals surface area contributed by atoms with Gasteiger partial charge in [-0.2, -0.15) is 0 Å². The van der Waals surface area contributed by atoms with E-state index in [1.807, 2.05) is 6.92 Å². The molecule has 1 aliphatic carbocycles. The number of rotatable bonds is 7. The number of aliphatic carboxylic acids is 1. The Bertz CT molecular complexity index is 1000. The average Bonchev–Trinajstić information content (AvgIpc) is 3.02. The summed E-state index contributed by atoms with van der Waals surface area (Å²) in [6, 6.07) is 0. The number of ketones is 2. The Morgan fingerprint density at radius 3 is 2.41 bits per heavy atom. The van der Waals surface area contributed by atoms with Crippen molar-refractivity contribution in [3.8, 4) is 0 Å². The number of aliphatic hydroxyl groups is 3. The molecule has 8 nitrogen and oxygen atoms in total. The molecule has 0 bridgehead atoms. The summed E-state index contributed by atoms with van der Waals surface area (Å²) in [4.78, 5) is 37.0. The first-order chi connectivity index (χ1) is 15.0. The van der Waals surface area contributed by atoms with Crippen LogP contribution in [-0.4, -0.2) is 49.7 Å². The van der Waals surface area contributed by atoms with Crippen LogP contribution in [0.3, 0.4) is 0 Å². The first-order valence-electron chi connectivity index (χ1n) is 10.2. The van der Waals surface area contributed by atoms with E-state index in [9.17, 15) is 29.7 Å². The van der Waals surface area contributed by atoms with Crippen molar-refractivity contribution in [2.24, 2.45) is 5.92 Å². The van der Waals surface area contributed by atoms with Crippen LogP contribution >= 0.6 is 0 Å². The van der Waals surface area contributed by atoms with Gasteiger partial charge in [0.2, 0.25) is 5.78 Å². The molecule has 0 radical (unpaired) electrons. The quantitative estimate of drug-likeness (QED) is 0.266. The Morgan fingerprint density at radius 2 is 1.84 bits per heavy atom. The lowest BCUT2D eigenvalue weighted by Crippen LogP contribution is -2.54. The van der Waals surface area contributed by atoms with Crippen molar-refractivity contribution in [3.63, 3.8) is 0 Å². The van der Waals surface area contributed by atoms with Gasteiger partial charge in [-0.05, 0) is 39.3 Å². The van der Waals surface area contributed by atoms with Gasteiger partial charge in [-0.3, -0.25) is 9.59 Å². The normalized spacial score (nSPS) is 28.5. The van der Waals surface area contributed by atoms with Crippen LogP contribution in [0.25, 0.3) is 0 Å². The molecular formula is C24H28O8. The first-order valence-corrected chi connectivity index (χ1v) is 10.2. The van der Waals surface area contributed by atoms with Crippen molar-refractivity contribution in [2.45, 2.75) is 52.2 Å². The third kappa shape index (κ3) is 4.60. The Balaban J connectivity index is 2.69. The Morgan fingerprint density at radius 1 is 1.19 bits per heavy atom. The third-order valence-corrected chi connectivity index (χ3v) is 5.43. The number of carboxylic acids is 1. The molecule has 0 amide bonds. The summed E-state index contributed by atoms with van der Waals surface area (Å²) < 4.78 is 5.83. The zero-order chi connectivity index (χ0) is 24.2. The molecule has 0 fully saturated rings. The van der Waals surface area contributed by atoms with Gasteiger partial charge in [-0.25, -0.2) is 4.79 Å². The Hall–Kier alpha value is -3.39. The molecule has 3 atom stereocenters. The van der Waals surface area contributed by atoms with Crippen molar-refractivity contribution in [1.82, 2.24) is 0 Å². The summed E-state index contributed by atoms with van der Waals surface area (Å²) in [7, 11) is 0. The summed E-state index contributed by atoms with van der Waals surface area (Å²) >= 11 is 0. The van der Waals surface area contributed by atoms with Gasteiger partial charge < -0.3 is 25.2 Å². The van der Waals surface area contributed by atoms with Crippen molar-refractivity contribution >= 4 is 17.5 Å². The second kappa shape index (κ2) is 9.82. The summed E-state index contributed by atoms with van der Waals surface area (Å²) in [6.45, 7) is 6.11. The van der Waals surface area contributed by atoms with Crippen molar-refractivity contribution in [2.75, 3.05) is 0 Å². The maximum atomic E-state index is 13.2. The molecule has 1 unspecified atom stereocenters. The van der Waals surface area contributed by atoms with Crippen molar-refractivity contribution in [1.29, 1.82) is 0 Å². The first kappa shape index (κ1) is 24.9. The molecule has 1 heterocycles. The topological polar surface area (TPSA) is 141 Å². The number of carbonyl (C=O) groups excluding carboxylic acids is 2. The molecule has 172 valence electrons. The molecule has 0 spiro atoms. The van der Waals surface area contributed by atoms with Gasteiger partial charge in [-0.1, -0.05) is 25.2 Å². The van der Waals surface area contributed by atoms with Crippen molar-refractivity contribution < 1.29 is 39.5 Å². The van der Waals surface area contributed by atoms with Crippen LogP contribution in [0.2, 0.25) is 0 Å². The lowest BCUT2D eigenvalue weighted by Gasteiger charge is -2.40. The molecule has 0 aromatic rings. The largest absolute Gasteiger partial charge is 0.508 e. The summed E-state index contributed by atoms with van der Waals surface area (Å²) in [5.41, 5.74) is -2.54. The summed E-state index contributed by atoms with van der Waals surface area (Å²) in [6.07, 6.45) is 7.46. The van der Waals surface area contributed by atoms with Crippen LogP contribution < -0.4 is 0 Å². The van der Waals surface area contributed by atoms with E-state index in [1.165, 1.54) is 26.0 Å². The number of allylic oxidation sites excluding steroid dienone is 7. The number of hydrogen-bond donors (Lipinski definition) is 4. The third-order valence-electron chi connectivity index (χ3n) is 5.43. The van der Waals surface area contributed by atoms with Crippen LogP contribution in [0, 0.1) is 5.92 Å². The van der Waals surface area contributed by atoms with Gasteiger partial charge >= 0.3 is 5.97 Å². The van der Waals surface area contributed by atoms with E-state index in [0.717, 1.165) is 12.2 Å². The van der Waals surface area contributed by atoms with Gasteiger partial charge in [0.1, 0.15) is 22.9 Å². The molecule has 0 aromatic heterocycles. The van der Waals surface area contributed by atoms with E-state index in [1.54, 1.807) is 19.1 Å². The van der Waals surface area contributed by atoms with Crippen LogP contribution in [0.15, 0.2) is 70.5 Å². The van der Waals surface area contributed by atoms with Gasteiger partial charge in [0.05, 0.1) is 11.5 Å². The number of ether oxygens (including phenoxy) is 1. The monoisotopic (exact) mass is 444 g/mol. The molecule has 8 heteroatoms. The molecule has 0 saturated carbocycles. The summed E-state index contributed by atoms with van der Waals surface area (Å²) in [5.74, 6) is -4.93. The fourth-order valence-electron chi connectivity index (χ4n) is 3.86. The van der Waals surface area contributed by atoms with Crippen LogP contribution in [0.4, 0.5) is 0 Å². The van der Waals surface area contributed by atoms with E-state index >= 15 is 0 Å². The maximum absolute atomic E-state index is 13.2. The molecule has 0 saturated heterocycles. The predicted octanol–water partition coefficient (Wildman–Crippen LogP) is 3.38. The lowest BCUT2D eigenvalue weighted by molar-refractivity contribution is -0.145. The zero-order valence-corrected chi connectivity index (χ0v) is 18.5. The fourth-order valence-corrected chi connectivity index (χ4v) is 3.86. The molecule has 2 aliphatic rings. The highest BCUT2D eigenvalue weighted by Crippen LogP contribution is 2.45. The standard InChI is InChI=1S/C24H28O8/c1-5-7-8-10-15(25)18-19(24(4,31)23(30)13(3)20(18)28)22-21(29)14(11-12-17(26)27)16(32-22)9-6-2/h5,7-8,10-12,19,22,25,28,31H,6,9H2,1-4H3,(H,26,27)/b7-5+,10-8+,12-11-,18-15-/t19-,22?,24+/m1/s1. The van der Waals surface area contributed by atoms with Gasteiger partial charge in [0.15, 0.2) is 11.9 Å². The van der Waals surface area contributed by atoms with E-state index in [0.29, 0.717) is 12.8 Å². The highest BCUT2D eigenvalue weighted by Gasteiger charge is 2.56. The van der Waals surface area contributed by atoms with E-state index in [-0.39, 0.29) is 22.5 Å². The second-order valence-electron chi connectivity index (χ2n) is 7.77. The fraction of sp³-hybridized carbons (Fsp3) is 0.375. The molecule has 2 rings (SSSR count). The molecule has 32 heavy (non-hydrogen) atoms. The molecular weight excluding hydrogens is 416 g/mol. The minimum Gasteiger partial charge on any atom is -0.508 e. The SMILES string of the molecule is C/C=C/C=C/C(O)=C1/C(O)=C(C)C(=O)[C@@](C)(O)[C@H]1C1OC(CCC)=C(/C=C\C(=O)O)C1=O. The van der Waals surface area contributed by atoms with Gasteiger partial charge in [0.25, 0.3) is 0 Å². The average molecular weight is 444 g/mol. The van der Waals surface area contributed by atoms with Crippen LogP contribution in [0.1, 0.15) is 40.5 Å². The Labute approximate surface area is 186 Å². The van der Waals surface area contributed by atoms with Gasteiger partial charge in [0, 0.05) is 23.6 Å². The molecule has 4 N–H and O–H groups in total. The Kier molecular flexibility index (Phi) is 7.64. The number of aliphatic hydroxyl groups excluding tert-OH is 2. The molecule has 0 aromatic carbocycles. The number of Topliss-reactive ketones (excluding diaryl/α,β-unsaturated/α-hetero) is 2. The minimum atomic E-state index is -2.18. The maximum Gasteiger partial charge on any atom is 0.328 e. The van der Waals surface area contributed by atoms with Gasteiger partial charge in [-0.15, -0.1) is 0 Å². The highest BCUT2D eigenvalue weighted by molar-refractivity contribution is 6.08. The van der Waals surface area contributed by atoms with E-state index in [4.69, 9.17) is 9.84 Å². The number of carbonyl (C=O) groups is 3. The van der Waals surface area contributed by atoms with Crippen LogP contribution in [-0.2, 0) is 19.1 Å². The number of carboxylic acid groups (broad SMARTS) is 1. The second-order valence-corrected chi connectivity index (χ2v) is 7.77. The molecule has 1 aliphatic heterocycles. The van der Waals surface area contributed by atoms with E-state index < -0.39 is 46.7 Å². The van der Waals surface area contributed by atoms with Crippen molar-refractivity contribution in [3.05, 3.63) is 70.5 Å². The smallest absolute Gasteiger partial charge is 0.328 e. The minimum absolute atomic E-state index is 0.0107. The lowest BCUT2D eigenvalue weighted by atomic mass is 9.68. The number of hydrogen-bond acceptors (Lipinski definition) is 7. The highest BCUT2D eigenvalue weighted by atomic mass is 16.5. The van der Waals surface area contributed by atoms with E-state index in [2.05, 4.69) is 0 Å². The summed E-state index contributed by atoms with van der Waals surface area (Å²) in [5, 5.41) is 41.5. The predicted molar refractivity (Wildman–Crippen MR) is 117 cm³/mol. The van der Waals surface area contributed by atoms with Crippen LogP contribution in [0.5, 0.6) is 0 Å².